The molecule has 1 atom stereocenters. The third kappa shape index (κ3) is 3.09. The molecule has 1 aromatic carbocycles. The van der Waals surface area contributed by atoms with Gasteiger partial charge in [0.05, 0.1) is 5.56 Å². The summed E-state index contributed by atoms with van der Waals surface area (Å²) in [5.41, 5.74) is 3.81. The average molecular weight is 246 g/mol. The maximum Gasteiger partial charge on any atom is 0.275 e. The number of hydrazone groups is 1. The van der Waals surface area contributed by atoms with Crippen molar-refractivity contribution in [2.75, 3.05) is 0 Å². The van der Waals surface area contributed by atoms with Crippen LogP contribution in [0.1, 0.15) is 43.0 Å². The van der Waals surface area contributed by atoms with E-state index in [1.54, 1.807) is 18.2 Å². The Balaban J connectivity index is 2.00. The molecule has 2 rings (SSSR count). The lowest BCUT2D eigenvalue weighted by molar-refractivity contribution is 0.0952. The molecule has 96 valence electrons. The van der Waals surface area contributed by atoms with Crippen LogP contribution in [0.5, 0.6) is 5.75 Å². The molecule has 0 aliphatic heterocycles. The fourth-order valence-electron chi connectivity index (χ4n) is 2.22. The first-order valence-corrected chi connectivity index (χ1v) is 6.30. The minimum Gasteiger partial charge on any atom is -0.507 e. The molecule has 0 aromatic heterocycles. The number of hydrogen-bond donors (Lipinski definition) is 2. The van der Waals surface area contributed by atoms with Crippen molar-refractivity contribution in [3.63, 3.8) is 0 Å². The van der Waals surface area contributed by atoms with Crippen molar-refractivity contribution in [3.05, 3.63) is 29.8 Å². The predicted octanol–water partition coefficient (Wildman–Crippen LogP) is 2.69. The zero-order valence-corrected chi connectivity index (χ0v) is 10.5. The summed E-state index contributed by atoms with van der Waals surface area (Å²) in [4.78, 5) is 11.8. The van der Waals surface area contributed by atoms with Gasteiger partial charge in [-0.15, -0.1) is 0 Å². The van der Waals surface area contributed by atoms with Crippen LogP contribution < -0.4 is 5.43 Å². The van der Waals surface area contributed by atoms with Crippen LogP contribution in [-0.4, -0.2) is 16.7 Å². The van der Waals surface area contributed by atoms with E-state index >= 15 is 0 Å². The molecule has 0 saturated heterocycles. The molecule has 0 bridgehead atoms. The van der Waals surface area contributed by atoms with Gasteiger partial charge in [-0.05, 0) is 43.7 Å². The van der Waals surface area contributed by atoms with Crippen molar-refractivity contribution in [2.24, 2.45) is 11.0 Å². The van der Waals surface area contributed by atoms with E-state index in [0.717, 1.165) is 25.0 Å². The number of nitrogens with zero attached hydrogens (tertiary/aromatic N) is 1. The minimum atomic E-state index is -0.362. The Kier molecular flexibility index (Phi) is 3.97. The molecule has 4 nitrogen and oxygen atoms in total. The molecule has 1 saturated carbocycles. The average Bonchev–Trinajstić information content (AvgIpc) is 2.37. The summed E-state index contributed by atoms with van der Waals surface area (Å²) in [5, 5.41) is 13.7. The monoisotopic (exact) mass is 246 g/mol. The standard InChI is InChI=1S/C14H18N2O2/c1-10-5-4-6-11(9-10)15-16-14(18)12-7-2-3-8-13(12)17/h2-3,7-8,10,17H,4-6,9H2,1H3,(H,16,18)/t10-/m1/s1. The maximum absolute atomic E-state index is 11.8. The minimum absolute atomic E-state index is 0.0211. The van der Waals surface area contributed by atoms with Gasteiger partial charge < -0.3 is 5.11 Å². The number of phenols is 1. The van der Waals surface area contributed by atoms with E-state index in [0.29, 0.717) is 5.92 Å². The quantitative estimate of drug-likeness (QED) is 0.788. The highest BCUT2D eigenvalue weighted by Crippen LogP contribution is 2.21. The number of para-hydroxylation sites is 1. The SMILES string of the molecule is C[C@@H]1CCCC(=NNC(=O)c2ccccc2O)C1. The van der Waals surface area contributed by atoms with Gasteiger partial charge in [0.25, 0.3) is 5.91 Å². The van der Waals surface area contributed by atoms with Gasteiger partial charge in [-0.3, -0.25) is 4.79 Å². The van der Waals surface area contributed by atoms with Crippen molar-refractivity contribution in [3.8, 4) is 5.75 Å². The van der Waals surface area contributed by atoms with E-state index in [9.17, 15) is 9.90 Å². The number of phenolic OH excluding ortho intramolecular Hbond substituents is 1. The smallest absolute Gasteiger partial charge is 0.275 e. The van der Waals surface area contributed by atoms with Gasteiger partial charge in [-0.2, -0.15) is 5.10 Å². The van der Waals surface area contributed by atoms with Gasteiger partial charge in [-0.1, -0.05) is 19.1 Å². The lowest BCUT2D eigenvalue weighted by Gasteiger charge is -2.18. The number of aromatic hydroxyl groups is 1. The van der Waals surface area contributed by atoms with Crippen LogP contribution in [0, 0.1) is 5.92 Å². The van der Waals surface area contributed by atoms with Crippen LogP contribution in [-0.2, 0) is 0 Å². The Morgan fingerprint density at radius 2 is 2.22 bits per heavy atom. The molecule has 1 amide bonds. The first kappa shape index (κ1) is 12.6. The van der Waals surface area contributed by atoms with E-state index in [1.165, 1.54) is 12.5 Å². The van der Waals surface area contributed by atoms with Crippen LogP contribution in [0.4, 0.5) is 0 Å². The van der Waals surface area contributed by atoms with E-state index in [1.807, 2.05) is 0 Å². The largest absolute Gasteiger partial charge is 0.507 e. The van der Waals surface area contributed by atoms with Crippen LogP contribution >= 0.6 is 0 Å². The lowest BCUT2D eigenvalue weighted by atomic mass is 9.89. The number of carbonyl (C=O) groups is 1. The fourth-order valence-corrected chi connectivity index (χ4v) is 2.22. The number of rotatable bonds is 2. The Labute approximate surface area is 107 Å². The van der Waals surface area contributed by atoms with Gasteiger partial charge >= 0.3 is 0 Å². The number of hydrogen-bond acceptors (Lipinski definition) is 3. The zero-order chi connectivity index (χ0) is 13.0. The molecule has 1 fully saturated rings. The summed E-state index contributed by atoms with van der Waals surface area (Å²) in [7, 11) is 0. The summed E-state index contributed by atoms with van der Waals surface area (Å²) in [6.07, 6.45) is 4.26. The number of benzene rings is 1. The molecule has 18 heavy (non-hydrogen) atoms. The second kappa shape index (κ2) is 5.67. The third-order valence-corrected chi connectivity index (χ3v) is 3.21. The normalized spacial score (nSPS) is 21.8. The van der Waals surface area contributed by atoms with Gasteiger partial charge in [0.1, 0.15) is 5.75 Å². The zero-order valence-electron chi connectivity index (χ0n) is 10.5. The van der Waals surface area contributed by atoms with Crippen molar-refractivity contribution in [1.29, 1.82) is 0 Å². The summed E-state index contributed by atoms with van der Waals surface area (Å²) in [5.74, 6) is 0.255. The van der Waals surface area contributed by atoms with Crippen LogP contribution in [0.3, 0.4) is 0 Å². The second-order valence-corrected chi connectivity index (χ2v) is 4.84. The van der Waals surface area contributed by atoms with Gasteiger partial charge in [-0.25, -0.2) is 5.43 Å². The summed E-state index contributed by atoms with van der Waals surface area (Å²) in [6.45, 7) is 2.19. The summed E-state index contributed by atoms with van der Waals surface area (Å²) >= 11 is 0. The van der Waals surface area contributed by atoms with Gasteiger partial charge in [0.15, 0.2) is 0 Å². The molecular formula is C14H18N2O2. The first-order valence-electron chi connectivity index (χ1n) is 6.30. The Bertz CT molecular complexity index is 469. The van der Waals surface area contributed by atoms with E-state index in [-0.39, 0.29) is 17.2 Å². The molecular weight excluding hydrogens is 228 g/mol. The molecule has 0 radical (unpaired) electrons. The fraction of sp³-hybridized carbons (Fsp3) is 0.429. The van der Waals surface area contributed by atoms with Crippen molar-refractivity contribution in [1.82, 2.24) is 5.43 Å². The molecule has 1 aromatic rings. The molecule has 1 aliphatic carbocycles. The Hall–Kier alpha value is -1.84. The Morgan fingerprint density at radius 1 is 1.44 bits per heavy atom. The maximum atomic E-state index is 11.8. The number of carbonyl (C=O) groups excluding carboxylic acids is 1. The number of amides is 1. The van der Waals surface area contributed by atoms with Crippen LogP contribution in [0.2, 0.25) is 0 Å². The molecule has 0 heterocycles. The third-order valence-electron chi connectivity index (χ3n) is 3.21. The summed E-state index contributed by atoms with van der Waals surface area (Å²) < 4.78 is 0. The van der Waals surface area contributed by atoms with Gasteiger partial charge in [0.2, 0.25) is 0 Å². The lowest BCUT2D eigenvalue weighted by Crippen LogP contribution is -2.22. The van der Waals surface area contributed by atoms with Crippen LogP contribution in [0.25, 0.3) is 0 Å². The highest BCUT2D eigenvalue weighted by molar-refractivity contribution is 5.97. The number of nitrogens with one attached hydrogen (secondary N) is 1. The second-order valence-electron chi connectivity index (χ2n) is 4.84. The highest BCUT2D eigenvalue weighted by Gasteiger charge is 2.15. The van der Waals surface area contributed by atoms with E-state index in [4.69, 9.17) is 0 Å². The predicted molar refractivity (Wildman–Crippen MR) is 70.6 cm³/mol. The highest BCUT2D eigenvalue weighted by atomic mass is 16.3. The molecule has 4 heteroatoms. The molecule has 1 aliphatic rings. The van der Waals surface area contributed by atoms with Crippen molar-refractivity contribution < 1.29 is 9.90 Å². The first-order chi connectivity index (χ1) is 8.66. The van der Waals surface area contributed by atoms with Crippen molar-refractivity contribution >= 4 is 11.6 Å². The van der Waals surface area contributed by atoms with Crippen molar-refractivity contribution in [2.45, 2.75) is 32.6 Å². The van der Waals surface area contributed by atoms with Crippen LogP contribution in [0.15, 0.2) is 29.4 Å². The molecule has 0 spiro atoms. The summed E-state index contributed by atoms with van der Waals surface area (Å²) in [6, 6.07) is 6.46. The van der Waals surface area contributed by atoms with Gasteiger partial charge in [0, 0.05) is 5.71 Å². The Morgan fingerprint density at radius 3 is 2.94 bits per heavy atom. The molecule has 2 N–H and O–H groups in total. The molecule has 0 unspecified atom stereocenters. The van der Waals surface area contributed by atoms with E-state index in [2.05, 4.69) is 17.5 Å². The topological polar surface area (TPSA) is 61.7 Å². The van der Waals surface area contributed by atoms with E-state index < -0.39 is 0 Å².